The second kappa shape index (κ2) is 18.0. The van der Waals surface area contributed by atoms with Crippen molar-refractivity contribution < 1.29 is 22.1 Å². The fraction of sp³-hybridized carbons (Fsp3) is 0.615. The number of fused-ring (bicyclic) bond motifs is 1. The van der Waals surface area contributed by atoms with Crippen molar-refractivity contribution in [3.05, 3.63) is 42.5 Å². The SMILES string of the molecule is CCCCNCCC[Si](OC)(OC)OC.CO[Si](C)(CCCNc1cccc2ccccc12)OC. The number of anilines is 1. The van der Waals surface area contributed by atoms with Crippen LogP contribution in [-0.4, -0.2) is 72.5 Å². The highest BCUT2D eigenvalue weighted by molar-refractivity contribution is 6.65. The molecule has 0 bridgehead atoms. The molecule has 2 aromatic carbocycles. The second-order valence-electron chi connectivity index (χ2n) is 8.60. The summed E-state index contributed by atoms with van der Waals surface area (Å²) in [5.74, 6) is 0. The molecule has 2 aromatic rings. The third-order valence-corrected chi connectivity index (χ3v) is 12.1. The molecule has 0 unspecified atom stereocenters. The number of rotatable bonds is 17. The maximum absolute atomic E-state index is 5.50. The van der Waals surface area contributed by atoms with Gasteiger partial charge in [-0.15, -0.1) is 0 Å². The van der Waals surface area contributed by atoms with E-state index in [2.05, 4.69) is 66.6 Å². The lowest BCUT2D eigenvalue weighted by Gasteiger charge is -2.24. The first-order valence-electron chi connectivity index (χ1n) is 12.6. The highest BCUT2D eigenvalue weighted by atomic mass is 28.4. The van der Waals surface area contributed by atoms with Crippen LogP contribution in [0.4, 0.5) is 5.69 Å². The van der Waals surface area contributed by atoms with Gasteiger partial charge in [0.2, 0.25) is 0 Å². The molecule has 0 amide bonds. The number of hydrogen-bond acceptors (Lipinski definition) is 7. The summed E-state index contributed by atoms with van der Waals surface area (Å²) in [6, 6.07) is 16.7. The van der Waals surface area contributed by atoms with Gasteiger partial charge in [-0.3, -0.25) is 0 Å². The first kappa shape index (κ1) is 31.7. The molecule has 0 saturated carbocycles. The van der Waals surface area contributed by atoms with E-state index >= 15 is 0 Å². The highest BCUT2D eigenvalue weighted by Crippen LogP contribution is 2.23. The minimum Gasteiger partial charge on any atom is -0.398 e. The quantitative estimate of drug-likeness (QED) is 0.205. The molecule has 0 radical (unpaired) electrons. The van der Waals surface area contributed by atoms with Gasteiger partial charge in [0.05, 0.1) is 0 Å². The number of nitrogens with one attached hydrogen (secondary N) is 2. The molecular weight excluding hydrogens is 476 g/mol. The average Bonchev–Trinajstić information content (AvgIpc) is 2.91. The van der Waals surface area contributed by atoms with E-state index in [0.717, 1.165) is 44.6 Å². The predicted molar refractivity (Wildman–Crippen MR) is 151 cm³/mol. The zero-order valence-corrected chi connectivity index (χ0v) is 24.9. The van der Waals surface area contributed by atoms with Gasteiger partial charge < -0.3 is 32.8 Å². The van der Waals surface area contributed by atoms with Crippen molar-refractivity contribution in [2.75, 3.05) is 60.5 Å². The lowest BCUT2D eigenvalue weighted by molar-refractivity contribution is 0.123. The lowest BCUT2D eigenvalue weighted by Crippen LogP contribution is -2.43. The Balaban J connectivity index is 0.000000367. The monoisotopic (exact) mass is 524 g/mol. The van der Waals surface area contributed by atoms with E-state index in [1.807, 2.05) is 0 Å². The Kier molecular flexibility index (Phi) is 16.3. The first-order valence-corrected chi connectivity index (χ1v) is 17.1. The molecule has 35 heavy (non-hydrogen) atoms. The molecule has 0 aromatic heterocycles. The molecule has 0 heterocycles. The number of unbranched alkanes of at least 4 members (excludes halogenated alkanes) is 1. The largest absolute Gasteiger partial charge is 0.500 e. The molecule has 2 rings (SSSR count). The van der Waals surface area contributed by atoms with E-state index in [0.29, 0.717) is 0 Å². The van der Waals surface area contributed by atoms with Crippen LogP contribution in [0.2, 0.25) is 18.6 Å². The van der Waals surface area contributed by atoms with Crippen molar-refractivity contribution in [2.45, 2.75) is 51.2 Å². The van der Waals surface area contributed by atoms with Gasteiger partial charge in [-0.05, 0) is 56.4 Å². The molecule has 0 fully saturated rings. The van der Waals surface area contributed by atoms with Crippen LogP contribution < -0.4 is 10.6 Å². The summed E-state index contributed by atoms with van der Waals surface area (Å²) in [4.78, 5) is 0. The van der Waals surface area contributed by atoms with Gasteiger partial charge in [0.25, 0.3) is 0 Å². The van der Waals surface area contributed by atoms with Crippen molar-refractivity contribution in [2.24, 2.45) is 0 Å². The zero-order valence-electron chi connectivity index (χ0n) is 22.9. The van der Waals surface area contributed by atoms with Crippen molar-refractivity contribution in [1.82, 2.24) is 5.32 Å². The zero-order chi connectivity index (χ0) is 26.0. The summed E-state index contributed by atoms with van der Waals surface area (Å²) in [6.07, 6.45) is 4.56. The van der Waals surface area contributed by atoms with Crippen LogP contribution in [0, 0.1) is 0 Å². The number of benzene rings is 2. The van der Waals surface area contributed by atoms with Gasteiger partial charge in [0.15, 0.2) is 0 Å². The molecule has 0 aliphatic heterocycles. The summed E-state index contributed by atoms with van der Waals surface area (Å²) in [5.41, 5.74) is 1.20. The second-order valence-corrected chi connectivity index (χ2v) is 15.3. The highest BCUT2D eigenvalue weighted by Gasteiger charge is 2.36. The van der Waals surface area contributed by atoms with E-state index in [4.69, 9.17) is 22.1 Å². The van der Waals surface area contributed by atoms with Gasteiger partial charge in [0, 0.05) is 59.2 Å². The van der Waals surface area contributed by atoms with Gasteiger partial charge in [0.1, 0.15) is 0 Å². The van der Waals surface area contributed by atoms with Crippen molar-refractivity contribution in [3.8, 4) is 0 Å². The average molecular weight is 525 g/mol. The molecule has 7 nitrogen and oxygen atoms in total. The maximum Gasteiger partial charge on any atom is 0.500 e. The summed E-state index contributed by atoms with van der Waals surface area (Å²) in [7, 11) is 4.20. The third-order valence-electron chi connectivity index (χ3n) is 6.25. The first-order chi connectivity index (χ1) is 16.9. The molecule has 0 atom stereocenters. The fourth-order valence-electron chi connectivity index (χ4n) is 3.71. The maximum atomic E-state index is 5.50. The van der Waals surface area contributed by atoms with E-state index in [9.17, 15) is 0 Å². The Morgan fingerprint density at radius 2 is 1.29 bits per heavy atom. The van der Waals surface area contributed by atoms with Crippen LogP contribution in [0.3, 0.4) is 0 Å². The minimum absolute atomic E-state index is 0.871. The Morgan fingerprint density at radius 1 is 0.686 bits per heavy atom. The Bertz CT molecular complexity index is 791. The Labute approximate surface area is 215 Å². The molecule has 0 aliphatic rings. The lowest BCUT2D eigenvalue weighted by atomic mass is 10.1. The van der Waals surface area contributed by atoms with Gasteiger partial charge in [-0.2, -0.15) is 0 Å². The van der Waals surface area contributed by atoms with Crippen molar-refractivity contribution >= 4 is 33.8 Å². The van der Waals surface area contributed by atoms with Crippen molar-refractivity contribution in [3.63, 3.8) is 0 Å². The van der Waals surface area contributed by atoms with E-state index in [-0.39, 0.29) is 0 Å². The van der Waals surface area contributed by atoms with Crippen LogP contribution in [0.15, 0.2) is 42.5 Å². The molecule has 9 heteroatoms. The Morgan fingerprint density at radius 3 is 1.91 bits per heavy atom. The molecule has 200 valence electrons. The summed E-state index contributed by atoms with van der Waals surface area (Å²) in [5, 5.41) is 9.45. The van der Waals surface area contributed by atoms with Crippen molar-refractivity contribution in [1.29, 1.82) is 0 Å². The van der Waals surface area contributed by atoms with Crippen LogP contribution in [0.25, 0.3) is 10.8 Å². The summed E-state index contributed by atoms with van der Waals surface area (Å²) in [6.45, 7) is 7.33. The van der Waals surface area contributed by atoms with Gasteiger partial charge in [-0.25, -0.2) is 0 Å². The summed E-state index contributed by atoms with van der Waals surface area (Å²) < 4.78 is 27.0. The smallest absolute Gasteiger partial charge is 0.398 e. The standard InChI is InChI=1S/C16H23NO2Si.C10H25NO3Si/c1-18-20(3,19-2)13-7-12-17-16-11-6-9-14-8-4-5-10-15(14)16;1-5-6-8-11-9-7-10-15(12-2,13-3)14-4/h4-6,8-11,17H,7,12-13H2,1-3H3;11H,5-10H2,1-4H3. The predicted octanol–water partition coefficient (Wildman–Crippen LogP) is 5.65. The van der Waals surface area contributed by atoms with Crippen LogP contribution in [-0.2, 0) is 22.1 Å². The molecule has 2 N–H and O–H groups in total. The molecule has 0 saturated heterocycles. The normalized spacial score (nSPS) is 11.9. The Hall–Kier alpha value is -1.31. The molecular formula is C26H48N2O5Si2. The topological polar surface area (TPSA) is 70.2 Å². The molecule has 0 spiro atoms. The third kappa shape index (κ3) is 11.5. The van der Waals surface area contributed by atoms with E-state index in [1.165, 1.54) is 29.3 Å². The van der Waals surface area contributed by atoms with Crippen LogP contribution in [0.1, 0.15) is 32.6 Å². The fourth-order valence-corrected chi connectivity index (χ4v) is 6.83. The van der Waals surface area contributed by atoms with Crippen LogP contribution >= 0.6 is 0 Å². The van der Waals surface area contributed by atoms with Gasteiger partial charge >= 0.3 is 17.4 Å². The summed E-state index contributed by atoms with van der Waals surface area (Å²) >= 11 is 0. The van der Waals surface area contributed by atoms with E-state index < -0.39 is 17.4 Å². The molecule has 0 aliphatic carbocycles. The minimum atomic E-state index is -2.33. The number of hydrogen-bond donors (Lipinski definition) is 2. The van der Waals surface area contributed by atoms with Crippen LogP contribution in [0.5, 0.6) is 0 Å². The van der Waals surface area contributed by atoms with Gasteiger partial charge in [-0.1, -0.05) is 49.7 Å². The van der Waals surface area contributed by atoms with E-state index in [1.54, 1.807) is 35.5 Å².